The van der Waals surface area contributed by atoms with Gasteiger partial charge in [-0.3, -0.25) is 0 Å². The molecular formula is C19H26O5. The SMILES string of the molecule is CCOCC1CC(c2ccccc2)OC2C1OC1OC(C)(C)OC12. The summed E-state index contributed by atoms with van der Waals surface area (Å²) in [5.41, 5.74) is 1.19. The Labute approximate surface area is 143 Å². The first-order valence-electron chi connectivity index (χ1n) is 8.86. The zero-order valence-electron chi connectivity index (χ0n) is 14.5. The fraction of sp³-hybridized carbons (Fsp3) is 0.684. The largest absolute Gasteiger partial charge is 0.381 e. The fourth-order valence-electron chi connectivity index (χ4n) is 4.01. The highest BCUT2D eigenvalue weighted by atomic mass is 16.8. The molecule has 0 radical (unpaired) electrons. The van der Waals surface area contributed by atoms with Crippen LogP contribution in [-0.2, 0) is 23.7 Å². The predicted octanol–water partition coefficient (Wildman–Crippen LogP) is 3.05. The summed E-state index contributed by atoms with van der Waals surface area (Å²) < 4.78 is 30.3. The Morgan fingerprint density at radius 2 is 1.83 bits per heavy atom. The summed E-state index contributed by atoms with van der Waals surface area (Å²) in [6.07, 6.45) is 0.222. The maximum absolute atomic E-state index is 6.43. The van der Waals surface area contributed by atoms with Crippen molar-refractivity contribution in [2.45, 2.75) is 63.7 Å². The van der Waals surface area contributed by atoms with E-state index < -0.39 is 5.79 Å². The van der Waals surface area contributed by atoms with Crippen molar-refractivity contribution < 1.29 is 23.7 Å². The first-order chi connectivity index (χ1) is 11.6. The van der Waals surface area contributed by atoms with Gasteiger partial charge in [0.25, 0.3) is 0 Å². The van der Waals surface area contributed by atoms with Crippen LogP contribution in [0.1, 0.15) is 38.9 Å². The van der Waals surface area contributed by atoms with Crippen molar-refractivity contribution in [2.24, 2.45) is 5.92 Å². The molecule has 0 saturated carbocycles. The van der Waals surface area contributed by atoms with E-state index in [1.165, 1.54) is 5.56 Å². The van der Waals surface area contributed by atoms with Crippen molar-refractivity contribution in [3.05, 3.63) is 35.9 Å². The third-order valence-electron chi connectivity index (χ3n) is 5.04. The minimum Gasteiger partial charge on any atom is -0.381 e. The molecule has 6 atom stereocenters. The molecule has 5 heteroatoms. The van der Waals surface area contributed by atoms with Crippen LogP contribution < -0.4 is 0 Å². The van der Waals surface area contributed by atoms with Crippen LogP contribution in [0.15, 0.2) is 30.3 Å². The smallest absolute Gasteiger partial charge is 0.190 e. The minimum atomic E-state index is -0.626. The number of rotatable bonds is 4. The van der Waals surface area contributed by atoms with E-state index in [2.05, 4.69) is 24.3 Å². The van der Waals surface area contributed by atoms with Gasteiger partial charge in [-0.15, -0.1) is 0 Å². The van der Waals surface area contributed by atoms with E-state index in [0.29, 0.717) is 13.2 Å². The zero-order chi connectivity index (χ0) is 16.7. The highest BCUT2D eigenvalue weighted by Gasteiger charge is 2.59. The number of hydrogen-bond donors (Lipinski definition) is 0. The van der Waals surface area contributed by atoms with Gasteiger partial charge in [-0.1, -0.05) is 30.3 Å². The Bertz CT molecular complexity index is 560. The van der Waals surface area contributed by atoms with E-state index in [4.69, 9.17) is 23.7 Å². The normalized spacial score (nSPS) is 40.3. The van der Waals surface area contributed by atoms with Crippen molar-refractivity contribution in [3.8, 4) is 0 Å². The van der Waals surface area contributed by atoms with Gasteiger partial charge in [-0.2, -0.15) is 0 Å². The lowest BCUT2D eigenvalue weighted by atomic mass is 9.86. The maximum atomic E-state index is 6.43. The van der Waals surface area contributed by atoms with Gasteiger partial charge in [-0.25, -0.2) is 0 Å². The fourth-order valence-corrected chi connectivity index (χ4v) is 4.01. The summed E-state index contributed by atoms with van der Waals surface area (Å²) >= 11 is 0. The summed E-state index contributed by atoms with van der Waals surface area (Å²) in [6, 6.07) is 10.4. The van der Waals surface area contributed by atoms with Gasteiger partial charge in [0, 0.05) is 12.5 Å². The summed E-state index contributed by atoms with van der Waals surface area (Å²) in [5, 5.41) is 0. The van der Waals surface area contributed by atoms with E-state index in [0.717, 1.165) is 6.42 Å². The summed E-state index contributed by atoms with van der Waals surface area (Å²) in [4.78, 5) is 0. The molecule has 0 N–H and O–H groups in total. The molecule has 132 valence electrons. The molecule has 5 nitrogen and oxygen atoms in total. The Morgan fingerprint density at radius 3 is 2.58 bits per heavy atom. The van der Waals surface area contributed by atoms with Gasteiger partial charge in [0.2, 0.25) is 0 Å². The van der Waals surface area contributed by atoms with Gasteiger partial charge in [0.05, 0.1) is 18.8 Å². The summed E-state index contributed by atoms with van der Waals surface area (Å²) in [7, 11) is 0. The van der Waals surface area contributed by atoms with Crippen molar-refractivity contribution in [1.82, 2.24) is 0 Å². The van der Waals surface area contributed by atoms with E-state index in [-0.39, 0.29) is 36.6 Å². The maximum Gasteiger partial charge on any atom is 0.190 e. The molecule has 3 heterocycles. The Kier molecular flexibility index (Phi) is 4.39. The number of fused-ring (bicyclic) bond motifs is 3. The third kappa shape index (κ3) is 3.00. The van der Waals surface area contributed by atoms with Crippen molar-refractivity contribution >= 4 is 0 Å². The molecule has 3 fully saturated rings. The molecule has 0 bridgehead atoms. The van der Waals surface area contributed by atoms with Crippen LogP contribution in [0.5, 0.6) is 0 Å². The highest BCUT2D eigenvalue weighted by molar-refractivity contribution is 5.19. The molecule has 0 amide bonds. The van der Waals surface area contributed by atoms with Gasteiger partial charge < -0.3 is 23.7 Å². The van der Waals surface area contributed by atoms with Gasteiger partial charge in [0.1, 0.15) is 12.2 Å². The Morgan fingerprint density at radius 1 is 1.04 bits per heavy atom. The highest BCUT2D eigenvalue weighted by Crippen LogP contribution is 2.47. The molecule has 1 aromatic carbocycles. The average molecular weight is 334 g/mol. The van der Waals surface area contributed by atoms with Gasteiger partial charge in [-0.05, 0) is 32.8 Å². The molecule has 3 aliphatic heterocycles. The number of ether oxygens (including phenoxy) is 5. The standard InChI is InChI=1S/C19H26O5/c1-4-20-11-13-10-14(12-8-6-5-7-9-12)21-16-15(13)22-18-17(16)23-19(2,3)24-18/h5-9,13-18H,4,10-11H2,1-3H3. The van der Waals surface area contributed by atoms with E-state index in [1.807, 2.05) is 26.8 Å². The summed E-state index contributed by atoms with van der Waals surface area (Å²) in [5.74, 6) is -0.353. The van der Waals surface area contributed by atoms with E-state index in [1.54, 1.807) is 0 Å². The van der Waals surface area contributed by atoms with Crippen LogP contribution in [0, 0.1) is 5.92 Å². The lowest BCUT2D eigenvalue weighted by Gasteiger charge is -2.39. The van der Waals surface area contributed by atoms with Crippen LogP contribution in [-0.4, -0.2) is 43.6 Å². The second-order valence-corrected chi connectivity index (χ2v) is 7.22. The first-order valence-corrected chi connectivity index (χ1v) is 8.86. The number of benzene rings is 1. The first kappa shape index (κ1) is 16.5. The Hall–Kier alpha value is -0.980. The Balaban J connectivity index is 1.57. The van der Waals surface area contributed by atoms with Crippen molar-refractivity contribution in [3.63, 3.8) is 0 Å². The molecular weight excluding hydrogens is 308 g/mol. The average Bonchev–Trinajstić information content (AvgIpc) is 3.05. The van der Waals surface area contributed by atoms with Crippen LogP contribution in [0.25, 0.3) is 0 Å². The molecule has 0 aliphatic carbocycles. The lowest BCUT2D eigenvalue weighted by molar-refractivity contribution is -0.244. The van der Waals surface area contributed by atoms with Crippen molar-refractivity contribution in [2.75, 3.05) is 13.2 Å². The monoisotopic (exact) mass is 334 g/mol. The van der Waals surface area contributed by atoms with Crippen LogP contribution >= 0.6 is 0 Å². The van der Waals surface area contributed by atoms with Gasteiger partial charge >= 0.3 is 0 Å². The molecule has 0 aromatic heterocycles. The second-order valence-electron chi connectivity index (χ2n) is 7.22. The predicted molar refractivity (Wildman–Crippen MR) is 87.4 cm³/mol. The van der Waals surface area contributed by atoms with Crippen LogP contribution in [0.4, 0.5) is 0 Å². The molecule has 4 rings (SSSR count). The van der Waals surface area contributed by atoms with Crippen molar-refractivity contribution in [1.29, 1.82) is 0 Å². The topological polar surface area (TPSA) is 46.2 Å². The zero-order valence-corrected chi connectivity index (χ0v) is 14.5. The molecule has 24 heavy (non-hydrogen) atoms. The van der Waals surface area contributed by atoms with Crippen LogP contribution in [0.2, 0.25) is 0 Å². The second kappa shape index (κ2) is 6.39. The van der Waals surface area contributed by atoms with Crippen LogP contribution in [0.3, 0.4) is 0 Å². The lowest BCUT2D eigenvalue weighted by Crippen LogP contribution is -2.46. The minimum absolute atomic E-state index is 0.0348. The molecule has 3 aliphatic rings. The third-order valence-corrected chi connectivity index (χ3v) is 5.04. The van der Waals surface area contributed by atoms with E-state index in [9.17, 15) is 0 Å². The molecule has 3 saturated heterocycles. The molecule has 1 aromatic rings. The van der Waals surface area contributed by atoms with Gasteiger partial charge in [0.15, 0.2) is 12.1 Å². The summed E-state index contributed by atoms with van der Waals surface area (Å²) in [6.45, 7) is 7.23. The number of hydrogen-bond acceptors (Lipinski definition) is 5. The molecule has 0 spiro atoms. The molecule has 6 unspecified atom stereocenters. The van der Waals surface area contributed by atoms with E-state index >= 15 is 0 Å². The quantitative estimate of drug-likeness (QED) is 0.847.